The molecular weight excluding hydrogens is 308 g/mol. The molecule has 0 fully saturated rings. The van der Waals surface area contributed by atoms with Crippen molar-refractivity contribution in [1.29, 1.82) is 5.26 Å². The predicted octanol–water partition coefficient (Wildman–Crippen LogP) is 3.87. The van der Waals surface area contributed by atoms with E-state index in [1.165, 1.54) is 18.3 Å². The van der Waals surface area contributed by atoms with E-state index in [4.69, 9.17) is 0 Å². The highest BCUT2D eigenvalue weighted by atomic mass is 32.2. The molecule has 0 amide bonds. The lowest BCUT2D eigenvalue weighted by Gasteiger charge is -2.12. The van der Waals surface area contributed by atoms with E-state index >= 15 is 0 Å². The molecule has 0 aliphatic rings. The fraction of sp³-hybridized carbons (Fsp3) is 0.333. The minimum Gasteiger partial charge on any atom is -0.435 e. The smallest absolute Gasteiger partial charge is 0.387 e. The SMILES string of the molecule is CSCCCNc1c(C#N)cnc2ccc(OC(F)F)cc12. The Kier molecular flexibility index (Phi) is 5.78. The number of benzene rings is 1. The van der Waals surface area contributed by atoms with Gasteiger partial charge in [-0.1, -0.05) is 0 Å². The van der Waals surface area contributed by atoms with Gasteiger partial charge in [-0.25, -0.2) is 0 Å². The first-order valence-corrected chi connectivity index (χ1v) is 8.05. The van der Waals surface area contributed by atoms with Crippen LogP contribution in [0.2, 0.25) is 0 Å². The Morgan fingerprint density at radius 1 is 1.45 bits per heavy atom. The normalized spacial score (nSPS) is 10.7. The second-order valence-electron chi connectivity index (χ2n) is 4.49. The molecule has 2 aromatic rings. The molecule has 0 radical (unpaired) electrons. The maximum absolute atomic E-state index is 12.3. The van der Waals surface area contributed by atoms with Crippen molar-refractivity contribution in [1.82, 2.24) is 4.98 Å². The van der Waals surface area contributed by atoms with Crippen molar-refractivity contribution >= 4 is 28.4 Å². The van der Waals surface area contributed by atoms with E-state index < -0.39 is 6.61 Å². The van der Waals surface area contributed by atoms with E-state index in [1.54, 1.807) is 17.8 Å². The topological polar surface area (TPSA) is 57.9 Å². The first-order chi connectivity index (χ1) is 10.7. The van der Waals surface area contributed by atoms with Crippen LogP contribution in [0.3, 0.4) is 0 Å². The molecule has 1 aromatic heterocycles. The van der Waals surface area contributed by atoms with Gasteiger partial charge in [-0.05, 0) is 36.6 Å². The van der Waals surface area contributed by atoms with Crippen LogP contribution in [0.1, 0.15) is 12.0 Å². The number of nitrogens with one attached hydrogen (secondary N) is 1. The van der Waals surface area contributed by atoms with Crippen LogP contribution in [0.25, 0.3) is 10.9 Å². The molecule has 0 spiro atoms. The third kappa shape index (κ3) is 3.98. The van der Waals surface area contributed by atoms with Crippen LogP contribution < -0.4 is 10.1 Å². The van der Waals surface area contributed by atoms with Gasteiger partial charge in [0.25, 0.3) is 0 Å². The molecule has 1 N–H and O–H groups in total. The Balaban J connectivity index is 2.37. The molecule has 0 unspecified atom stereocenters. The number of pyridine rings is 1. The van der Waals surface area contributed by atoms with E-state index in [0.29, 0.717) is 28.7 Å². The number of hydrogen-bond donors (Lipinski definition) is 1. The first kappa shape index (κ1) is 16.3. The van der Waals surface area contributed by atoms with Gasteiger partial charge in [0.15, 0.2) is 0 Å². The van der Waals surface area contributed by atoms with Crippen molar-refractivity contribution in [3.8, 4) is 11.8 Å². The van der Waals surface area contributed by atoms with Crippen LogP contribution in [-0.4, -0.2) is 30.1 Å². The molecule has 1 heterocycles. The van der Waals surface area contributed by atoms with E-state index in [-0.39, 0.29) is 5.75 Å². The Morgan fingerprint density at radius 3 is 2.95 bits per heavy atom. The number of rotatable bonds is 7. The summed E-state index contributed by atoms with van der Waals surface area (Å²) in [6, 6.07) is 6.58. The molecule has 22 heavy (non-hydrogen) atoms. The maximum atomic E-state index is 12.3. The fourth-order valence-corrected chi connectivity index (χ4v) is 2.49. The van der Waals surface area contributed by atoms with Gasteiger partial charge in [-0.2, -0.15) is 25.8 Å². The zero-order valence-electron chi connectivity index (χ0n) is 12.0. The summed E-state index contributed by atoms with van der Waals surface area (Å²) in [5.74, 6) is 1.05. The second-order valence-corrected chi connectivity index (χ2v) is 5.47. The van der Waals surface area contributed by atoms with Crippen LogP contribution >= 0.6 is 11.8 Å². The van der Waals surface area contributed by atoms with Gasteiger partial charge in [0, 0.05) is 18.1 Å². The van der Waals surface area contributed by atoms with Crippen molar-refractivity contribution in [2.75, 3.05) is 23.9 Å². The molecule has 0 atom stereocenters. The van der Waals surface area contributed by atoms with Crippen molar-refractivity contribution in [3.05, 3.63) is 30.0 Å². The second kappa shape index (κ2) is 7.80. The highest BCUT2D eigenvalue weighted by Gasteiger charge is 2.11. The molecule has 4 nitrogen and oxygen atoms in total. The minimum absolute atomic E-state index is 0.0477. The molecule has 1 aromatic carbocycles. The monoisotopic (exact) mass is 323 g/mol. The molecule has 0 bridgehead atoms. The van der Waals surface area contributed by atoms with Crippen molar-refractivity contribution in [2.45, 2.75) is 13.0 Å². The summed E-state index contributed by atoms with van der Waals surface area (Å²) in [6.45, 7) is -2.20. The van der Waals surface area contributed by atoms with E-state index in [1.807, 2.05) is 6.26 Å². The Morgan fingerprint density at radius 2 is 2.27 bits per heavy atom. The zero-order valence-corrected chi connectivity index (χ0v) is 12.8. The number of hydrogen-bond acceptors (Lipinski definition) is 5. The van der Waals surface area contributed by atoms with Gasteiger partial charge in [0.1, 0.15) is 11.8 Å². The average molecular weight is 323 g/mol. The van der Waals surface area contributed by atoms with Gasteiger partial charge >= 0.3 is 6.61 Å². The summed E-state index contributed by atoms with van der Waals surface area (Å²) in [5.41, 5.74) is 1.60. The van der Waals surface area contributed by atoms with Crippen LogP contribution in [-0.2, 0) is 0 Å². The number of fused-ring (bicyclic) bond motifs is 1. The van der Waals surface area contributed by atoms with Crippen LogP contribution in [0, 0.1) is 11.3 Å². The number of nitrogens with zero attached hydrogens (tertiary/aromatic N) is 2. The third-order valence-electron chi connectivity index (χ3n) is 3.01. The lowest BCUT2D eigenvalue weighted by atomic mass is 10.1. The molecule has 2 rings (SSSR count). The molecule has 116 valence electrons. The van der Waals surface area contributed by atoms with E-state index in [0.717, 1.165) is 12.2 Å². The molecule has 0 saturated heterocycles. The van der Waals surface area contributed by atoms with Gasteiger partial charge in [0.2, 0.25) is 0 Å². The average Bonchev–Trinajstić information content (AvgIpc) is 2.50. The minimum atomic E-state index is -2.89. The zero-order chi connectivity index (χ0) is 15.9. The van der Waals surface area contributed by atoms with Gasteiger partial charge < -0.3 is 10.1 Å². The van der Waals surface area contributed by atoms with Gasteiger partial charge in [0.05, 0.1) is 16.8 Å². The van der Waals surface area contributed by atoms with Crippen LogP contribution in [0.4, 0.5) is 14.5 Å². The first-order valence-electron chi connectivity index (χ1n) is 6.66. The largest absolute Gasteiger partial charge is 0.435 e. The highest BCUT2D eigenvalue weighted by molar-refractivity contribution is 7.98. The lowest BCUT2D eigenvalue weighted by molar-refractivity contribution is -0.0497. The summed E-state index contributed by atoms with van der Waals surface area (Å²) in [4.78, 5) is 4.17. The fourth-order valence-electron chi connectivity index (χ4n) is 2.05. The van der Waals surface area contributed by atoms with Crippen molar-refractivity contribution in [2.24, 2.45) is 0 Å². The predicted molar refractivity (Wildman–Crippen MR) is 84.6 cm³/mol. The standard InChI is InChI=1S/C15H15F2N3OS/c1-22-6-2-5-19-14-10(8-18)9-20-13-4-3-11(7-12(13)14)21-15(16)17/h3-4,7,9,15H,2,5-6H2,1H3,(H,19,20). The summed E-state index contributed by atoms with van der Waals surface area (Å²) in [5, 5.41) is 13.0. The summed E-state index contributed by atoms with van der Waals surface area (Å²) < 4.78 is 29.1. The quantitative estimate of drug-likeness (QED) is 0.784. The summed E-state index contributed by atoms with van der Waals surface area (Å²) in [7, 11) is 0. The van der Waals surface area contributed by atoms with E-state index in [9.17, 15) is 14.0 Å². The number of thioether (sulfide) groups is 1. The summed E-state index contributed by atoms with van der Waals surface area (Å²) >= 11 is 1.74. The molecule has 7 heteroatoms. The van der Waals surface area contributed by atoms with E-state index in [2.05, 4.69) is 21.1 Å². The van der Waals surface area contributed by atoms with Crippen molar-refractivity contribution in [3.63, 3.8) is 0 Å². The Bertz CT molecular complexity index is 688. The van der Waals surface area contributed by atoms with Crippen LogP contribution in [0.15, 0.2) is 24.4 Å². The number of halogens is 2. The highest BCUT2D eigenvalue weighted by Crippen LogP contribution is 2.29. The summed E-state index contributed by atoms with van der Waals surface area (Å²) in [6.07, 6.45) is 4.44. The van der Waals surface area contributed by atoms with Gasteiger partial charge in [-0.3, -0.25) is 4.98 Å². The van der Waals surface area contributed by atoms with Gasteiger partial charge in [-0.15, -0.1) is 0 Å². The Labute approximate surface area is 131 Å². The Hall–Kier alpha value is -2.07. The lowest BCUT2D eigenvalue weighted by Crippen LogP contribution is -2.06. The number of anilines is 1. The molecular formula is C15H15F2N3OS. The number of ether oxygens (including phenoxy) is 1. The number of nitriles is 1. The molecule has 0 aliphatic carbocycles. The number of aromatic nitrogens is 1. The molecule has 0 aliphatic heterocycles. The third-order valence-corrected chi connectivity index (χ3v) is 3.71. The number of alkyl halides is 2. The van der Waals surface area contributed by atoms with Crippen molar-refractivity contribution < 1.29 is 13.5 Å². The van der Waals surface area contributed by atoms with Crippen LogP contribution in [0.5, 0.6) is 5.75 Å². The molecule has 0 saturated carbocycles. The maximum Gasteiger partial charge on any atom is 0.387 e.